The molecule has 0 aliphatic rings. The zero-order chi connectivity index (χ0) is 13.5. The summed E-state index contributed by atoms with van der Waals surface area (Å²) in [7, 11) is 0. The molecular formula is C14H20F3N. The van der Waals surface area contributed by atoms with Crippen molar-refractivity contribution in [2.24, 2.45) is 0 Å². The summed E-state index contributed by atoms with van der Waals surface area (Å²) >= 11 is 0. The van der Waals surface area contributed by atoms with Crippen molar-refractivity contribution in [2.75, 3.05) is 5.32 Å². The molecule has 1 aromatic carbocycles. The fraction of sp³-hybridized carbons (Fsp3) is 0.571. The van der Waals surface area contributed by atoms with E-state index < -0.39 is 17.5 Å². The van der Waals surface area contributed by atoms with Gasteiger partial charge in [0.05, 0.1) is 5.69 Å². The van der Waals surface area contributed by atoms with E-state index in [1.807, 2.05) is 6.92 Å². The number of unbranched alkanes of at least 4 members (excludes halogenated alkanes) is 3. The molecule has 0 saturated carbocycles. The molecule has 0 fully saturated rings. The number of anilines is 1. The molecule has 102 valence electrons. The molecule has 0 aliphatic carbocycles. The van der Waals surface area contributed by atoms with E-state index in [0.717, 1.165) is 25.3 Å². The van der Waals surface area contributed by atoms with Crippen LogP contribution < -0.4 is 5.32 Å². The molecule has 0 aromatic heterocycles. The Morgan fingerprint density at radius 2 is 1.67 bits per heavy atom. The van der Waals surface area contributed by atoms with Gasteiger partial charge in [0.2, 0.25) is 0 Å². The van der Waals surface area contributed by atoms with Crippen LogP contribution in [0.1, 0.15) is 46.0 Å². The number of halogens is 3. The first-order valence-corrected chi connectivity index (χ1v) is 6.45. The zero-order valence-corrected chi connectivity index (χ0v) is 10.9. The van der Waals surface area contributed by atoms with Gasteiger partial charge in [-0.2, -0.15) is 0 Å². The Kier molecular flexibility index (Phi) is 6.02. The highest BCUT2D eigenvalue weighted by molar-refractivity contribution is 5.45. The first-order valence-electron chi connectivity index (χ1n) is 6.45. The van der Waals surface area contributed by atoms with Gasteiger partial charge < -0.3 is 5.32 Å². The molecule has 1 atom stereocenters. The Bertz CT molecular complexity index is 380. The molecule has 1 aromatic rings. The molecule has 0 bridgehead atoms. The second kappa shape index (κ2) is 7.29. The van der Waals surface area contributed by atoms with Gasteiger partial charge in [-0.1, -0.05) is 32.6 Å². The van der Waals surface area contributed by atoms with Gasteiger partial charge in [-0.3, -0.25) is 0 Å². The zero-order valence-electron chi connectivity index (χ0n) is 10.9. The van der Waals surface area contributed by atoms with Gasteiger partial charge in [0.1, 0.15) is 5.82 Å². The molecule has 1 N–H and O–H groups in total. The van der Waals surface area contributed by atoms with Crippen molar-refractivity contribution in [2.45, 2.75) is 52.0 Å². The van der Waals surface area contributed by atoms with Crippen LogP contribution in [0.5, 0.6) is 0 Å². The Morgan fingerprint density at radius 1 is 1.00 bits per heavy atom. The van der Waals surface area contributed by atoms with Crippen molar-refractivity contribution in [1.29, 1.82) is 0 Å². The number of hydrogen-bond acceptors (Lipinski definition) is 1. The van der Waals surface area contributed by atoms with Crippen molar-refractivity contribution >= 4 is 5.69 Å². The molecular weight excluding hydrogens is 239 g/mol. The third kappa shape index (κ3) is 4.59. The van der Waals surface area contributed by atoms with Crippen LogP contribution in [-0.2, 0) is 0 Å². The monoisotopic (exact) mass is 259 g/mol. The van der Waals surface area contributed by atoms with Crippen molar-refractivity contribution < 1.29 is 13.2 Å². The van der Waals surface area contributed by atoms with E-state index in [-0.39, 0.29) is 11.7 Å². The average Bonchev–Trinajstić information content (AvgIpc) is 2.32. The van der Waals surface area contributed by atoms with Crippen LogP contribution in [0.2, 0.25) is 0 Å². The summed E-state index contributed by atoms with van der Waals surface area (Å²) in [5.41, 5.74) is 0.0249. The number of nitrogens with one attached hydrogen (secondary N) is 1. The lowest BCUT2D eigenvalue weighted by atomic mass is 10.1. The third-order valence-corrected chi connectivity index (χ3v) is 2.90. The van der Waals surface area contributed by atoms with E-state index in [4.69, 9.17) is 0 Å². The first kappa shape index (κ1) is 14.9. The Labute approximate surface area is 106 Å². The topological polar surface area (TPSA) is 12.0 Å². The second-order valence-electron chi connectivity index (χ2n) is 4.64. The highest BCUT2D eigenvalue weighted by Gasteiger charge is 2.11. The molecule has 0 amide bonds. The summed E-state index contributed by atoms with van der Waals surface area (Å²) in [6, 6.07) is 1.48. The van der Waals surface area contributed by atoms with Crippen molar-refractivity contribution in [3.8, 4) is 0 Å². The van der Waals surface area contributed by atoms with Crippen molar-refractivity contribution in [1.82, 2.24) is 0 Å². The summed E-state index contributed by atoms with van der Waals surface area (Å²) < 4.78 is 39.1. The molecule has 1 nitrogen and oxygen atoms in total. The van der Waals surface area contributed by atoms with Crippen LogP contribution >= 0.6 is 0 Å². The lowest BCUT2D eigenvalue weighted by Crippen LogP contribution is -2.16. The van der Waals surface area contributed by atoms with Gasteiger partial charge in [0.25, 0.3) is 0 Å². The molecule has 0 aliphatic heterocycles. The van der Waals surface area contributed by atoms with Gasteiger partial charge in [0.15, 0.2) is 11.6 Å². The van der Waals surface area contributed by atoms with Crippen LogP contribution in [0, 0.1) is 17.5 Å². The molecule has 0 saturated heterocycles. The highest BCUT2D eigenvalue weighted by atomic mass is 19.2. The minimum absolute atomic E-state index is 0.0249. The van der Waals surface area contributed by atoms with E-state index in [1.165, 1.54) is 12.8 Å². The summed E-state index contributed by atoms with van der Waals surface area (Å²) in [6.07, 6.45) is 5.43. The van der Waals surface area contributed by atoms with Crippen LogP contribution in [0.3, 0.4) is 0 Å². The normalized spacial score (nSPS) is 12.5. The fourth-order valence-electron chi connectivity index (χ4n) is 1.85. The van der Waals surface area contributed by atoms with Gasteiger partial charge in [-0.15, -0.1) is 0 Å². The van der Waals surface area contributed by atoms with Gasteiger partial charge >= 0.3 is 0 Å². The minimum atomic E-state index is -1.16. The number of rotatable bonds is 7. The lowest BCUT2D eigenvalue weighted by molar-refractivity contribution is 0.495. The summed E-state index contributed by atoms with van der Waals surface area (Å²) in [4.78, 5) is 0. The molecule has 1 rings (SSSR count). The Hall–Kier alpha value is -1.19. The smallest absolute Gasteiger partial charge is 0.161 e. The van der Waals surface area contributed by atoms with Crippen LogP contribution in [-0.4, -0.2) is 6.04 Å². The largest absolute Gasteiger partial charge is 0.380 e. The molecule has 18 heavy (non-hydrogen) atoms. The lowest BCUT2D eigenvalue weighted by Gasteiger charge is -2.15. The van der Waals surface area contributed by atoms with Gasteiger partial charge in [-0.25, -0.2) is 13.2 Å². The van der Waals surface area contributed by atoms with Crippen LogP contribution in [0.15, 0.2) is 12.1 Å². The molecule has 4 heteroatoms. The van der Waals surface area contributed by atoms with Crippen molar-refractivity contribution in [3.05, 3.63) is 29.6 Å². The Balaban J connectivity index is 2.48. The maximum absolute atomic E-state index is 13.4. The molecule has 1 unspecified atom stereocenters. The van der Waals surface area contributed by atoms with E-state index in [1.54, 1.807) is 0 Å². The van der Waals surface area contributed by atoms with E-state index in [2.05, 4.69) is 12.2 Å². The van der Waals surface area contributed by atoms with Crippen molar-refractivity contribution in [3.63, 3.8) is 0 Å². The van der Waals surface area contributed by atoms with E-state index >= 15 is 0 Å². The summed E-state index contributed by atoms with van der Waals surface area (Å²) in [5.74, 6) is -2.94. The number of hydrogen-bond donors (Lipinski definition) is 1. The molecule has 0 spiro atoms. The molecule has 0 radical (unpaired) electrons. The average molecular weight is 259 g/mol. The van der Waals surface area contributed by atoms with Gasteiger partial charge in [0, 0.05) is 18.2 Å². The minimum Gasteiger partial charge on any atom is -0.380 e. The van der Waals surface area contributed by atoms with Crippen LogP contribution in [0.4, 0.5) is 18.9 Å². The third-order valence-electron chi connectivity index (χ3n) is 2.90. The number of benzene rings is 1. The fourth-order valence-corrected chi connectivity index (χ4v) is 1.85. The standard InChI is InChI=1S/C14H20F3N/c1-3-4-5-6-7-10(2)18-14-9-12(16)11(15)8-13(14)17/h8-10,18H,3-7H2,1-2H3. The SMILES string of the molecule is CCCCCCC(C)Nc1cc(F)c(F)cc1F. The maximum Gasteiger partial charge on any atom is 0.161 e. The quantitative estimate of drug-likeness (QED) is 0.544. The van der Waals surface area contributed by atoms with Crippen LogP contribution in [0.25, 0.3) is 0 Å². The maximum atomic E-state index is 13.4. The second-order valence-corrected chi connectivity index (χ2v) is 4.64. The first-order chi connectivity index (χ1) is 8.54. The predicted molar refractivity (Wildman–Crippen MR) is 68.2 cm³/mol. The van der Waals surface area contributed by atoms with Gasteiger partial charge in [-0.05, 0) is 13.3 Å². The molecule has 0 heterocycles. The predicted octanol–water partition coefficient (Wildman–Crippen LogP) is 4.87. The summed E-state index contributed by atoms with van der Waals surface area (Å²) in [5, 5.41) is 2.87. The Morgan fingerprint density at radius 3 is 2.33 bits per heavy atom. The van der Waals surface area contributed by atoms with E-state index in [9.17, 15) is 13.2 Å². The summed E-state index contributed by atoms with van der Waals surface area (Å²) in [6.45, 7) is 4.05. The highest BCUT2D eigenvalue weighted by Crippen LogP contribution is 2.20. The van der Waals surface area contributed by atoms with E-state index in [0.29, 0.717) is 6.07 Å².